The number of allylic oxidation sites excluding steroid dienone is 2. The van der Waals surface area contributed by atoms with E-state index in [4.69, 9.17) is 4.18 Å². The van der Waals surface area contributed by atoms with Crippen LogP contribution in [0.5, 0.6) is 0 Å². The Labute approximate surface area is 227 Å². The molecule has 1 aliphatic heterocycles. The van der Waals surface area contributed by atoms with Crippen LogP contribution in [0.1, 0.15) is 38.8 Å². The van der Waals surface area contributed by atoms with Gasteiger partial charge in [0.05, 0.1) is 9.79 Å². The third-order valence-electron chi connectivity index (χ3n) is 5.46. The van der Waals surface area contributed by atoms with E-state index in [1.165, 1.54) is 31.2 Å². The summed E-state index contributed by atoms with van der Waals surface area (Å²) in [5.74, 6) is -2.74. The van der Waals surface area contributed by atoms with Crippen molar-refractivity contribution in [3.63, 3.8) is 0 Å². The van der Waals surface area contributed by atoms with E-state index < -0.39 is 63.1 Å². The summed E-state index contributed by atoms with van der Waals surface area (Å²) < 4.78 is 64.1. The number of hydrogen-bond acceptors (Lipinski definition) is 8. The molecule has 204 valence electrons. The molecule has 38 heavy (non-hydrogen) atoms. The van der Waals surface area contributed by atoms with Crippen LogP contribution in [-0.4, -0.2) is 38.3 Å². The van der Waals surface area contributed by atoms with Crippen molar-refractivity contribution in [3.05, 3.63) is 70.3 Å². The molecule has 0 spiro atoms. The highest BCUT2D eigenvalue weighted by Gasteiger charge is 2.57. The number of Topliss-reactive ketones (excluding diaryl/α,β-unsaturated/α-hetero) is 3. The van der Waals surface area contributed by atoms with Crippen LogP contribution in [0, 0.1) is 13.8 Å². The molecule has 0 fully saturated rings. The van der Waals surface area contributed by atoms with E-state index in [0.29, 0.717) is 0 Å². The van der Waals surface area contributed by atoms with Crippen LogP contribution in [-0.2, 0) is 60.3 Å². The van der Waals surface area contributed by atoms with E-state index >= 15 is 0 Å². The van der Waals surface area contributed by atoms with Gasteiger partial charge in [-0.2, -0.15) is 16.8 Å². The number of rotatable bonds is 7. The van der Waals surface area contributed by atoms with Gasteiger partial charge in [-0.15, -0.1) is 3.77 Å². The Morgan fingerprint density at radius 1 is 0.711 bits per heavy atom. The molecule has 0 N–H and O–H groups in total. The predicted molar refractivity (Wildman–Crippen MR) is 145 cm³/mol. The van der Waals surface area contributed by atoms with Gasteiger partial charge in [-0.25, -0.2) is 0 Å². The molecule has 2 aromatic rings. The van der Waals surface area contributed by atoms with Gasteiger partial charge in [-0.3, -0.25) is 14.4 Å². The number of nitrogens with zero attached hydrogens (tertiary/aromatic N) is 2. The molecule has 0 bridgehead atoms. The van der Waals surface area contributed by atoms with E-state index in [2.05, 4.69) is 7.54 Å². The van der Waals surface area contributed by atoms with Crippen molar-refractivity contribution < 1.29 is 35.4 Å². The van der Waals surface area contributed by atoms with Crippen molar-refractivity contribution >= 4 is 59.1 Å². The van der Waals surface area contributed by atoms with Crippen molar-refractivity contribution in [2.75, 3.05) is 0 Å². The second kappa shape index (κ2) is 10.8. The van der Waals surface area contributed by atoms with Crippen molar-refractivity contribution in [1.29, 1.82) is 0 Å². The highest BCUT2D eigenvalue weighted by atomic mass is 32.3. The van der Waals surface area contributed by atoms with Gasteiger partial charge in [0.1, 0.15) is 21.6 Å². The van der Waals surface area contributed by atoms with Crippen LogP contribution < -0.4 is 0 Å². The minimum atomic E-state index is -4.52. The van der Waals surface area contributed by atoms with E-state index in [1.807, 2.05) is 0 Å². The zero-order chi connectivity index (χ0) is 28.6. The van der Waals surface area contributed by atoms with Gasteiger partial charge >= 0.3 is 0 Å². The Hall–Kier alpha value is -2.81. The summed E-state index contributed by atoms with van der Waals surface area (Å²) in [5.41, 5.74) is 1.56. The van der Waals surface area contributed by atoms with Crippen LogP contribution >= 0.6 is 0 Å². The first-order valence-corrected chi connectivity index (χ1v) is 16.2. The second-order valence-electron chi connectivity index (χ2n) is 8.51. The summed E-state index contributed by atoms with van der Waals surface area (Å²) in [6, 6.07) is 11.4. The Kier molecular flexibility index (Phi) is 8.41. The van der Waals surface area contributed by atoms with Crippen LogP contribution in [0.2, 0.25) is 0 Å². The standard InChI is InChI=1S/C24H26N2O8S4/c1-15-7-11-21(12-8-15)37(30,31)25-35-23(17(3)27)18(4)34-36(24(35,19(5)28)20(6)29)26-38(32,33)22-13-9-16(2)10-14-22/h7-14H,1-6H3. The highest BCUT2D eigenvalue weighted by Crippen LogP contribution is 2.40. The minimum Gasteiger partial charge on any atom is -0.417 e. The van der Waals surface area contributed by atoms with Crippen LogP contribution in [0.4, 0.5) is 0 Å². The fraction of sp³-hybridized carbons (Fsp3) is 0.292. The van der Waals surface area contributed by atoms with E-state index in [0.717, 1.165) is 31.9 Å². The molecule has 0 saturated heterocycles. The Bertz CT molecular complexity index is 1640. The first-order chi connectivity index (χ1) is 17.5. The van der Waals surface area contributed by atoms with Crippen molar-refractivity contribution in [3.8, 4) is 0 Å². The first-order valence-electron chi connectivity index (χ1n) is 11.0. The third-order valence-corrected chi connectivity index (χ3v) is 14.4. The molecule has 0 amide bonds. The van der Waals surface area contributed by atoms with Crippen LogP contribution in [0.3, 0.4) is 0 Å². The zero-order valence-corrected chi connectivity index (χ0v) is 24.7. The largest absolute Gasteiger partial charge is 0.417 e. The summed E-state index contributed by atoms with van der Waals surface area (Å²) in [7, 11) is -13.7. The lowest BCUT2D eigenvalue weighted by molar-refractivity contribution is -0.125. The monoisotopic (exact) mass is 598 g/mol. The van der Waals surface area contributed by atoms with Gasteiger partial charge in [0.15, 0.2) is 17.3 Å². The number of sulfonamides is 2. The average molecular weight is 599 g/mol. The molecule has 14 heteroatoms. The van der Waals surface area contributed by atoms with E-state index in [1.54, 1.807) is 38.1 Å². The molecule has 2 unspecified atom stereocenters. The van der Waals surface area contributed by atoms with Crippen molar-refractivity contribution in [2.45, 2.75) is 55.4 Å². The summed E-state index contributed by atoms with van der Waals surface area (Å²) >= 11 is 0. The Balaban J connectivity index is 2.45. The van der Waals surface area contributed by atoms with E-state index in [-0.39, 0.29) is 20.5 Å². The molecule has 1 aliphatic rings. The predicted octanol–water partition coefficient (Wildman–Crippen LogP) is 3.62. The minimum absolute atomic E-state index is 0.173. The maximum absolute atomic E-state index is 13.4. The lowest BCUT2D eigenvalue weighted by Gasteiger charge is -2.36. The second-order valence-corrected chi connectivity index (χ2v) is 15.7. The number of aryl methyl sites for hydroxylation is 2. The normalized spacial score (nSPS) is 19.7. The highest BCUT2D eigenvalue weighted by molar-refractivity contribution is 8.14. The third kappa shape index (κ3) is 5.48. The fourth-order valence-electron chi connectivity index (χ4n) is 3.56. The maximum atomic E-state index is 13.4. The molecule has 2 aromatic carbocycles. The summed E-state index contributed by atoms with van der Waals surface area (Å²) in [5, 5.41) is 0. The molecule has 2 atom stereocenters. The van der Waals surface area contributed by atoms with Gasteiger partial charge in [0.2, 0.25) is 4.08 Å². The molecular weight excluding hydrogens is 573 g/mol. The quantitative estimate of drug-likeness (QED) is 0.438. The molecular formula is C24H26N2O8S4. The number of hydrogen-bond donors (Lipinski definition) is 0. The number of carbonyl (C=O) groups is 3. The number of ketones is 3. The van der Waals surface area contributed by atoms with Crippen molar-refractivity contribution in [2.24, 2.45) is 7.54 Å². The number of benzene rings is 2. The molecule has 10 nitrogen and oxygen atoms in total. The van der Waals surface area contributed by atoms with Crippen LogP contribution in [0.15, 0.2) is 76.5 Å². The average Bonchev–Trinajstić information content (AvgIpc) is 2.78. The van der Waals surface area contributed by atoms with Crippen molar-refractivity contribution in [1.82, 2.24) is 0 Å². The smallest absolute Gasteiger partial charge is 0.290 e. The zero-order valence-electron chi connectivity index (χ0n) is 21.4. The fourth-order valence-corrected chi connectivity index (χ4v) is 11.8. The van der Waals surface area contributed by atoms with Gasteiger partial charge in [0.25, 0.3) is 20.0 Å². The molecule has 1 heterocycles. The lowest BCUT2D eigenvalue weighted by atomic mass is 10.2. The molecule has 0 aromatic heterocycles. The van der Waals surface area contributed by atoms with Crippen LogP contribution in [0.25, 0.3) is 0 Å². The first kappa shape index (κ1) is 29.7. The maximum Gasteiger partial charge on any atom is 0.290 e. The van der Waals surface area contributed by atoms with E-state index in [9.17, 15) is 31.2 Å². The number of carbonyl (C=O) groups excluding carboxylic acids is 3. The molecule has 0 saturated carbocycles. The summed E-state index contributed by atoms with van der Waals surface area (Å²) in [4.78, 5) is 38.5. The topological polar surface area (TPSA) is 153 Å². The van der Waals surface area contributed by atoms with Gasteiger partial charge < -0.3 is 4.18 Å². The lowest BCUT2D eigenvalue weighted by Crippen LogP contribution is -2.55. The van der Waals surface area contributed by atoms with Gasteiger partial charge in [0, 0.05) is 0 Å². The molecule has 0 aliphatic carbocycles. The molecule has 3 rings (SSSR count). The Morgan fingerprint density at radius 3 is 1.47 bits per heavy atom. The van der Waals surface area contributed by atoms with Gasteiger partial charge in [-0.1, -0.05) is 39.2 Å². The summed E-state index contributed by atoms with van der Waals surface area (Å²) in [6.07, 6.45) is 0. The van der Waals surface area contributed by atoms with Gasteiger partial charge in [-0.05, 0) is 76.5 Å². The molecule has 0 radical (unpaired) electrons. The Morgan fingerprint density at radius 2 is 1.11 bits per heavy atom. The SMILES string of the molecule is CC(=O)C1=C(C)OS(=NS(=O)(=O)c2ccc(C)cc2)C(C(C)=O)(C(C)=O)S1=NS(=O)(=O)c1ccc(C)cc1. The summed E-state index contributed by atoms with van der Waals surface area (Å²) in [6.45, 7) is 7.92.